The summed E-state index contributed by atoms with van der Waals surface area (Å²) in [4.78, 5) is 13.1. The van der Waals surface area contributed by atoms with Crippen LogP contribution in [0.3, 0.4) is 0 Å². The monoisotopic (exact) mass is 260 g/mol. The number of nitrogens with zero attached hydrogens (tertiary/aromatic N) is 3. The highest BCUT2D eigenvalue weighted by Gasteiger charge is 2.20. The van der Waals surface area contributed by atoms with Gasteiger partial charge < -0.3 is 5.32 Å². The maximum Gasteiger partial charge on any atom is 0.133 e. The summed E-state index contributed by atoms with van der Waals surface area (Å²) in [6.07, 6.45) is 7.90. The quantitative estimate of drug-likeness (QED) is 0.918. The van der Waals surface area contributed by atoms with E-state index in [1.807, 2.05) is 11.6 Å². The van der Waals surface area contributed by atoms with E-state index in [0.29, 0.717) is 0 Å². The van der Waals surface area contributed by atoms with Crippen LogP contribution in [0.15, 0.2) is 17.9 Å². The van der Waals surface area contributed by atoms with E-state index in [-0.39, 0.29) is 6.04 Å². The predicted octanol–water partition coefficient (Wildman–Crippen LogP) is 2.99. The van der Waals surface area contributed by atoms with Crippen molar-refractivity contribution in [2.75, 3.05) is 5.32 Å². The third-order valence-corrected chi connectivity index (χ3v) is 4.23. The predicted molar refractivity (Wildman–Crippen MR) is 72.8 cm³/mol. The number of rotatable bonds is 4. The number of fused-ring (bicyclic) bond motifs is 1. The summed E-state index contributed by atoms with van der Waals surface area (Å²) in [6.45, 7) is 2.17. The van der Waals surface area contributed by atoms with Gasteiger partial charge in [-0.3, -0.25) is 0 Å². The molecule has 0 aliphatic heterocycles. The van der Waals surface area contributed by atoms with Crippen molar-refractivity contribution in [3.8, 4) is 0 Å². The fraction of sp³-hybridized carbons (Fsp3) is 0.462. The second-order valence-electron chi connectivity index (χ2n) is 4.48. The Hall–Kier alpha value is -1.49. The normalized spacial score (nSPS) is 15.4. The maximum atomic E-state index is 4.40. The molecule has 1 aliphatic carbocycles. The van der Waals surface area contributed by atoms with Gasteiger partial charge in [-0.25, -0.2) is 15.0 Å². The number of hydrogen-bond donors (Lipinski definition) is 1. The van der Waals surface area contributed by atoms with Crippen LogP contribution in [0.1, 0.15) is 42.1 Å². The zero-order valence-electron chi connectivity index (χ0n) is 10.4. The van der Waals surface area contributed by atoms with E-state index in [0.717, 1.165) is 30.1 Å². The Kier molecular flexibility index (Phi) is 3.23. The van der Waals surface area contributed by atoms with Crippen LogP contribution in [-0.4, -0.2) is 15.0 Å². The Morgan fingerprint density at radius 2 is 2.28 bits per heavy atom. The van der Waals surface area contributed by atoms with Gasteiger partial charge in [0.05, 0.1) is 6.04 Å². The number of anilines is 1. The van der Waals surface area contributed by atoms with E-state index >= 15 is 0 Å². The summed E-state index contributed by atoms with van der Waals surface area (Å²) in [6, 6.07) is 0.254. The van der Waals surface area contributed by atoms with Crippen LogP contribution >= 0.6 is 11.3 Å². The highest BCUT2D eigenvalue weighted by molar-refractivity contribution is 7.09. The molecule has 1 aliphatic rings. The summed E-state index contributed by atoms with van der Waals surface area (Å²) in [7, 11) is 0. The first-order valence-corrected chi connectivity index (χ1v) is 7.25. The average molecular weight is 260 g/mol. The lowest BCUT2D eigenvalue weighted by atomic mass is 10.2. The lowest BCUT2D eigenvalue weighted by Gasteiger charge is -2.17. The maximum absolute atomic E-state index is 4.40. The van der Waals surface area contributed by atoms with Crippen LogP contribution in [0.5, 0.6) is 0 Å². The van der Waals surface area contributed by atoms with Crippen LogP contribution in [0.2, 0.25) is 0 Å². The lowest BCUT2D eigenvalue weighted by molar-refractivity contribution is 0.734. The van der Waals surface area contributed by atoms with E-state index in [2.05, 4.69) is 27.2 Å². The third kappa shape index (κ3) is 2.10. The molecule has 0 aromatic carbocycles. The van der Waals surface area contributed by atoms with Crippen LogP contribution < -0.4 is 5.32 Å². The Bertz CT molecular complexity index is 524. The Morgan fingerprint density at radius 3 is 3.06 bits per heavy atom. The van der Waals surface area contributed by atoms with Gasteiger partial charge in [0.15, 0.2) is 0 Å². The van der Waals surface area contributed by atoms with Gasteiger partial charge in [-0.2, -0.15) is 0 Å². The first-order valence-electron chi connectivity index (χ1n) is 6.37. The molecule has 2 aromatic rings. The molecule has 4 nitrogen and oxygen atoms in total. The number of nitrogens with one attached hydrogen (secondary N) is 1. The van der Waals surface area contributed by atoms with E-state index in [1.54, 1.807) is 17.7 Å². The first-order chi connectivity index (χ1) is 8.88. The van der Waals surface area contributed by atoms with Crippen molar-refractivity contribution in [3.05, 3.63) is 34.2 Å². The molecule has 5 heteroatoms. The van der Waals surface area contributed by atoms with Crippen molar-refractivity contribution in [2.45, 2.75) is 38.6 Å². The van der Waals surface area contributed by atoms with Crippen molar-refractivity contribution < 1.29 is 0 Å². The van der Waals surface area contributed by atoms with E-state index in [4.69, 9.17) is 0 Å². The van der Waals surface area contributed by atoms with Crippen molar-refractivity contribution in [1.29, 1.82) is 0 Å². The van der Waals surface area contributed by atoms with Gasteiger partial charge in [-0.1, -0.05) is 6.92 Å². The Balaban J connectivity index is 1.86. The van der Waals surface area contributed by atoms with Gasteiger partial charge in [0.1, 0.15) is 17.2 Å². The highest BCUT2D eigenvalue weighted by Crippen LogP contribution is 2.29. The van der Waals surface area contributed by atoms with Crippen LogP contribution in [0.4, 0.5) is 5.82 Å². The lowest BCUT2D eigenvalue weighted by Crippen LogP contribution is -2.12. The van der Waals surface area contributed by atoms with E-state index in [9.17, 15) is 0 Å². The number of aromatic nitrogens is 3. The third-order valence-electron chi connectivity index (χ3n) is 3.34. The molecular formula is C13H16N4S. The van der Waals surface area contributed by atoms with Crippen molar-refractivity contribution >= 4 is 17.2 Å². The smallest absolute Gasteiger partial charge is 0.133 e. The fourth-order valence-electron chi connectivity index (χ4n) is 2.39. The second kappa shape index (κ2) is 5.02. The minimum atomic E-state index is 0.254. The molecule has 0 fully saturated rings. The first kappa shape index (κ1) is 11.6. The number of aryl methyl sites for hydroxylation is 1. The molecule has 0 radical (unpaired) electrons. The van der Waals surface area contributed by atoms with Crippen LogP contribution in [-0.2, 0) is 12.8 Å². The van der Waals surface area contributed by atoms with E-state index < -0.39 is 0 Å². The standard InChI is InChI=1S/C13H16N4S/c1-2-10(13-14-6-7-18-13)17-12-9-4-3-5-11(9)15-8-16-12/h6-8,10H,2-5H2,1H3,(H,15,16,17). The molecule has 0 spiro atoms. The van der Waals surface area contributed by atoms with Crippen molar-refractivity contribution in [1.82, 2.24) is 15.0 Å². The summed E-state index contributed by atoms with van der Waals surface area (Å²) in [5, 5.41) is 6.67. The van der Waals surface area contributed by atoms with Gasteiger partial charge in [0.2, 0.25) is 0 Å². The zero-order valence-corrected chi connectivity index (χ0v) is 11.2. The highest BCUT2D eigenvalue weighted by atomic mass is 32.1. The van der Waals surface area contributed by atoms with Gasteiger partial charge in [0, 0.05) is 22.8 Å². The molecule has 2 aromatic heterocycles. The molecule has 2 heterocycles. The zero-order chi connectivity index (χ0) is 12.4. The molecule has 3 rings (SSSR count). The number of hydrogen-bond acceptors (Lipinski definition) is 5. The molecule has 1 N–H and O–H groups in total. The average Bonchev–Trinajstić information content (AvgIpc) is 3.06. The SMILES string of the molecule is CCC(Nc1ncnc2c1CCC2)c1nccs1. The summed E-state index contributed by atoms with van der Waals surface area (Å²) < 4.78 is 0. The van der Waals surface area contributed by atoms with Crippen LogP contribution in [0.25, 0.3) is 0 Å². The Morgan fingerprint density at radius 1 is 1.33 bits per heavy atom. The molecule has 0 saturated heterocycles. The topological polar surface area (TPSA) is 50.7 Å². The molecule has 0 amide bonds. The van der Waals surface area contributed by atoms with Crippen molar-refractivity contribution in [2.24, 2.45) is 0 Å². The molecule has 94 valence electrons. The van der Waals surface area contributed by atoms with Gasteiger partial charge >= 0.3 is 0 Å². The summed E-state index contributed by atoms with van der Waals surface area (Å²) >= 11 is 1.69. The minimum Gasteiger partial charge on any atom is -0.361 e. The summed E-state index contributed by atoms with van der Waals surface area (Å²) in [5.41, 5.74) is 2.51. The number of thiazole rings is 1. The second-order valence-corrected chi connectivity index (χ2v) is 5.40. The molecule has 18 heavy (non-hydrogen) atoms. The van der Waals surface area contributed by atoms with Crippen molar-refractivity contribution in [3.63, 3.8) is 0 Å². The molecule has 1 unspecified atom stereocenters. The summed E-state index contributed by atoms with van der Waals surface area (Å²) in [5.74, 6) is 1.000. The van der Waals surface area contributed by atoms with Gasteiger partial charge in [-0.15, -0.1) is 11.3 Å². The molecule has 0 bridgehead atoms. The molecule has 0 saturated carbocycles. The molecular weight excluding hydrogens is 244 g/mol. The molecule has 1 atom stereocenters. The van der Waals surface area contributed by atoms with Gasteiger partial charge in [-0.05, 0) is 25.7 Å². The van der Waals surface area contributed by atoms with E-state index in [1.165, 1.54) is 17.7 Å². The minimum absolute atomic E-state index is 0.254. The van der Waals surface area contributed by atoms with Gasteiger partial charge in [0.25, 0.3) is 0 Å². The van der Waals surface area contributed by atoms with Crippen LogP contribution in [0, 0.1) is 0 Å². The fourth-order valence-corrected chi connectivity index (χ4v) is 3.17. The largest absolute Gasteiger partial charge is 0.361 e. The Labute approximate surface area is 111 Å².